The second-order valence-electron chi connectivity index (χ2n) is 4.49. The van der Waals surface area contributed by atoms with Gasteiger partial charge in [0.25, 0.3) is 5.91 Å². The zero-order valence-electron chi connectivity index (χ0n) is 11.7. The monoisotopic (exact) mass is 289 g/mol. The van der Waals surface area contributed by atoms with Gasteiger partial charge in [0.05, 0.1) is 11.0 Å². The van der Waals surface area contributed by atoms with E-state index in [0.29, 0.717) is 12.1 Å². The number of carbonyl (C=O) groups excluding carboxylic acids is 1. The number of aromatic nitrogens is 3. The normalized spacial score (nSPS) is 11.9. The molecule has 0 spiro atoms. The molecule has 0 saturated heterocycles. The Balaban J connectivity index is 2.21. The Morgan fingerprint density at radius 1 is 1.48 bits per heavy atom. The number of carbonyl (C=O) groups is 1. The molecule has 2 aromatic rings. The fourth-order valence-electron chi connectivity index (χ4n) is 1.97. The molecule has 2 rings (SSSR count). The number of amides is 1. The van der Waals surface area contributed by atoms with Gasteiger partial charge in [-0.15, -0.1) is 0 Å². The molecule has 1 amide bonds. The zero-order chi connectivity index (χ0) is 15.4. The maximum Gasteiger partial charge on any atom is 0.322 e. The number of nitrogens with zero attached hydrogens (tertiary/aromatic N) is 3. The number of nitro groups is 1. The van der Waals surface area contributed by atoms with E-state index in [1.807, 2.05) is 0 Å². The highest BCUT2D eigenvalue weighted by molar-refractivity contribution is 5.96. The molecule has 8 nitrogen and oxygen atoms in total. The summed E-state index contributed by atoms with van der Waals surface area (Å²) in [5.41, 5.74) is 0.726. The van der Waals surface area contributed by atoms with E-state index in [2.05, 4.69) is 20.5 Å². The molecule has 0 bridgehead atoms. The van der Waals surface area contributed by atoms with Gasteiger partial charge in [0.15, 0.2) is 0 Å². The van der Waals surface area contributed by atoms with Crippen molar-refractivity contribution in [3.05, 3.63) is 51.6 Å². The summed E-state index contributed by atoms with van der Waals surface area (Å²) in [6.45, 7) is 3.54. The SMILES string of the molecule is CCc1[nH]nc(C(=O)NC(C)c2ccncc2)c1[N+](=O)[O-]. The van der Waals surface area contributed by atoms with Crippen LogP contribution in [0, 0.1) is 10.1 Å². The van der Waals surface area contributed by atoms with E-state index in [4.69, 9.17) is 0 Å². The van der Waals surface area contributed by atoms with Gasteiger partial charge in [-0.2, -0.15) is 5.10 Å². The van der Waals surface area contributed by atoms with Crippen LogP contribution in [0.15, 0.2) is 24.5 Å². The number of hydrogen-bond acceptors (Lipinski definition) is 5. The van der Waals surface area contributed by atoms with Crippen LogP contribution in [-0.4, -0.2) is 26.0 Å². The molecule has 110 valence electrons. The molecule has 0 radical (unpaired) electrons. The number of hydrogen-bond donors (Lipinski definition) is 2. The molecule has 2 aromatic heterocycles. The van der Waals surface area contributed by atoms with E-state index in [-0.39, 0.29) is 17.4 Å². The maximum absolute atomic E-state index is 12.2. The lowest BCUT2D eigenvalue weighted by atomic mass is 10.1. The first kappa shape index (κ1) is 14.6. The number of pyridine rings is 1. The molecule has 0 aliphatic rings. The first-order valence-corrected chi connectivity index (χ1v) is 6.47. The van der Waals surface area contributed by atoms with Gasteiger partial charge in [0.1, 0.15) is 5.69 Å². The fourth-order valence-corrected chi connectivity index (χ4v) is 1.97. The Morgan fingerprint density at radius 2 is 2.14 bits per heavy atom. The van der Waals surface area contributed by atoms with Crippen molar-refractivity contribution in [2.75, 3.05) is 0 Å². The molecule has 0 aliphatic heterocycles. The van der Waals surface area contributed by atoms with Crippen molar-refractivity contribution < 1.29 is 9.72 Å². The highest BCUT2D eigenvalue weighted by Gasteiger charge is 2.28. The third-order valence-electron chi connectivity index (χ3n) is 3.12. The van der Waals surface area contributed by atoms with Gasteiger partial charge in [-0.1, -0.05) is 6.92 Å². The summed E-state index contributed by atoms with van der Waals surface area (Å²) in [6, 6.07) is 3.23. The predicted octanol–water partition coefficient (Wildman–Crippen LogP) is 1.77. The van der Waals surface area contributed by atoms with Gasteiger partial charge in [-0.25, -0.2) is 0 Å². The lowest BCUT2D eigenvalue weighted by molar-refractivity contribution is -0.385. The quantitative estimate of drug-likeness (QED) is 0.643. The average Bonchev–Trinajstić information content (AvgIpc) is 2.92. The largest absolute Gasteiger partial charge is 0.344 e. The summed E-state index contributed by atoms with van der Waals surface area (Å²) in [7, 11) is 0. The van der Waals surface area contributed by atoms with Crippen molar-refractivity contribution in [2.24, 2.45) is 0 Å². The van der Waals surface area contributed by atoms with E-state index in [1.165, 1.54) is 0 Å². The standard InChI is InChI=1S/C13H15N5O3/c1-3-10-12(18(20)21)11(17-16-10)13(19)15-8(2)9-4-6-14-7-5-9/h4-8H,3H2,1-2H3,(H,15,19)(H,16,17). The fraction of sp³-hybridized carbons (Fsp3) is 0.308. The zero-order valence-corrected chi connectivity index (χ0v) is 11.7. The first-order chi connectivity index (χ1) is 10.0. The summed E-state index contributed by atoms with van der Waals surface area (Å²) >= 11 is 0. The Morgan fingerprint density at radius 3 is 2.71 bits per heavy atom. The Labute approximate surface area is 120 Å². The summed E-state index contributed by atoms with van der Waals surface area (Å²) < 4.78 is 0. The minimum atomic E-state index is -0.589. The average molecular weight is 289 g/mol. The molecule has 8 heteroatoms. The minimum absolute atomic E-state index is 0.197. The molecule has 0 fully saturated rings. The molecule has 0 aromatic carbocycles. The van der Waals surface area contributed by atoms with Crippen molar-refractivity contribution in [3.63, 3.8) is 0 Å². The van der Waals surface area contributed by atoms with Crippen LogP contribution in [-0.2, 0) is 6.42 Å². The van der Waals surface area contributed by atoms with Crippen molar-refractivity contribution in [1.29, 1.82) is 0 Å². The molecule has 1 unspecified atom stereocenters. The highest BCUT2D eigenvalue weighted by Crippen LogP contribution is 2.22. The molecular weight excluding hydrogens is 274 g/mol. The van der Waals surface area contributed by atoms with Gasteiger partial charge in [0, 0.05) is 12.4 Å². The maximum atomic E-state index is 12.2. The second kappa shape index (κ2) is 6.12. The van der Waals surface area contributed by atoms with Crippen molar-refractivity contribution in [2.45, 2.75) is 26.3 Å². The van der Waals surface area contributed by atoms with Crippen molar-refractivity contribution >= 4 is 11.6 Å². The molecule has 2 heterocycles. The number of nitrogens with one attached hydrogen (secondary N) is 2. The summed E-state index contributed by atoms with van der Waals surface area (Å²) in [4.78, 5) is 26.6. The topological polar surface area (TPSA) is 114 Å². The van der Waals surface area contributed by atoms with E-state index in [9.17, 15) is 14.9 Å². The Kier molecular flexibility index (Phi) is 4.27. The smallest absolute Gasteiger partial charge is 0.322 e. The molecule has 0 aliphatic carbocycles. The lowest BCUT2D eigenvalue weighted by Crippen LogP contribution is -2.27. The number of aryl methyl sites for hydroxylation is 1. The van der Waals surface area contributed by atoms with Crippen LogP contribution in [0.3, 0.4) is 0 Å². The van der Waals surface area contributed by atoms with E-state index in [0.717, 1.165) is 5.56 Å². The molecule has 21 heavy (non-hydrogen) atoms. The number of H-pyrrole nitrogens is 1. The predicted molar refractivity (Wildman–Crippen MR) is 74.7 cm³/mol. The Bertz CT molecular complexity index is 653. The van der Waals surface area contributed by atoms with E-state index in [1.54, 1.807) is 38.4 Å². The lowest BCUT2D eigenvalue weighted by Gasteiger charge is -2.12. The third kappa shape index (κ3) is 3.04. The first-order valence-electron chi connectivity index (χ1n) is 6.47. The summed E-state index contributed by atoms with van der Waals surface area (Å²) in [5, 5.41) is 20.1. The van der Waals surface area contributed by atoms with Crippen LogP contribution in [0.1, 0.15) is 41.6 Å². The van der Waals surface area contributed by atoms with Gasteiger partial charge in [-0.05, 0) is 31.0 Å². The van der Waals surface area contributed by atoms with Gasteiger partial charge in [-0.3, -0.25) is 25.0 Å². The molecular formula is C13H15N5O3. The second-order valence-corrected chi connectivity index (χ2v) is 4.49. The highest BCUT2D eigenvalue weighted by atomic mass is 16.6. The minimum Gasteiger partial charge on any atom is -0.344 e. The molecule has 0 saturated carbocycles. The Hall–Kier alpha value is -2.77. The van der Waals surface area contributed by atoms with E-state index < -0.39 is 10.8 Å². The number of rotatable bonds is 5. The number of aromatic amines is 1. The van der Waals surface area contributed by atoms with Crippen LogP contribution in [0.25, 0.3) is 0 Å². The molecule has 1 atom stereocenters. The van der Waals surface area contributed by atoms with Crippen LogP contribution in [0.4, 0.5) is 5.69 Å². The van der Waals surface area contributed by atoms with Gasteiger partial charge >= 0.3 is 5.69 Å². The van der Waals surface area contributed by atoms with Crippen LogP contribution in [0.5, 0.6) is 0 Å². The molecule has 2 N–H and O–H groups in total. The third-order valence-corrected chi connectivity index (χ3v) is 3.12. The van der Waals surface area contributed by atoms with E-state index >= 15 is 0 Å². The van der Waals surface area contributed by atoms with Crippen LogP contribution < -0.4 is 5.32 Å². The van der Waals surface area contributed by atoms with Crippen LogP contribution in [0.2, 0.25) is 0 Å². The van der Waals surface area contributed by atoms with Gasteiger partial charge < -0.3 is 5.32 Å². The van der Waals surface area contributed by atoms with Crippen molar-refractivity contribution in [3.8, 4) is 0 Å². The summed E-state index contributed by atoms with van der Waals surface area (Å²) in [5.74, 6) is -0.582. The van der Waals surface area contributed by atoms with Crippen LogP contribution >= 0.6 is 0 Å². The summed E-state index contributed by atoms with van der Waals surface area (Å²) in [6.07, 6.45) is 3.63. The van der Waals surface area contributed by atoms with Gasteiger partial charge in [0.2, 0.25) is 5.69 Å². The van der Waals surface area contributed by atoms with Crippen molar-refractivity contribution in [1.82, 2.24) is 20.5 Å².